The SMILES string of the molecule is [C]1=C/CCC/C=C/CCC\C=C/1. The van der Waals surface area contributed by atoms with Gasteiger partial charge in [-0.25, -0.2) is 0 Å². The van der Waals surface area contributed by atoms with Crippen molar-refractivity contribution in [3.8, 4) is 0 Å². The van der Waals surface area contributed by atoms with E-state index in [-0.39, 0.29) is 0 Å². The van der Waals surface area contributed by atoms with Crippen LogP contribution in [0.5, 0.6) is 0 Å². The maximum Gasteiger partial charge on any atom is -0.0230 e. The first-order chi connectivity index (χ1) is 6.00. The van der Waals surface area contributed by atoms with Crippen LogP contribution >= 0.6 is 0 Å². The molecule has 0 amide bonds. The minimum atomic E-state index is 1.16. The van der Waals surface area contributed by atoms with Crippen LogP contribution in [0.15, 0.2) is 30.4 Å². The van der Waals surface area contributed by atoms with E-state index in [0.717, 1.165) is 6.42 Å². The van der Waals surface area contributed by atoms with E-state index in [1.165, 1.54) is 32.1 Å². The standard InChI is InChI=1S/C12H17/c1-2-4-6-8-10-12-11-9-7-5-3-1/h1-2,9-11H,3-8H2/b2-1+,11-9-,12-10?. The monoisotopic (exact) mass is 161 g/mol. The second kappa shape index (κ2) is 6.90. The molecule has 0 spiro atoms. The molecule has 12 heavy (non-hydrogen) atoms. The Morgan fingerprint density at radius 1 is 0.750 bits per heavy atom. The van der Waals surface area contributed by atoms with E-state index in [1.54, 1.807) is 0 Å². The molecule has 0 atom stereocenters. The first-order valence-corrected chi connectivity index (χ1v) is 4.88. The molecule has 0 fully saturated rings. The Labute approximate surface area is 75.7 Å². The predicted octanol–water partition coefficient (Wildman–Crippen LogP) is 3.81. The quantitative estimate of drug-likeness (QED) is 0.474. The van der Waals surface area contributed by atoms with Crippen LogP contribution in [0.2, 0.25) is 0 Å². The highest BCUT2D eigenvalue weighted by atomic mass is 13.9. The Hall–Kier alpha value is -0.780. The van der Waals surface area contributed by atoms with Crippen LogP contribution in [0.3, 0.4) is 0 Å². The first kappa shape index (κ1) is 9.31. The van der Waals surface area contributed by atoms with Crippen molar-refractivity contribution in [2.24, 2.45) is 0 Å². The zero-order valence-corrected chi connectivity index (χ0v) is 7.63. The third kappa shape index (κ3) is 4.95. The first-order valence-electron chi connectivity index (χ1n) is 4.88. The predicted molar refractivity (Wildman–Crippen MR) is 53.8 cm³/mol. The van der Waals surface area contributed by atoms with Crippen molar-refractivity contribution < 1.29 is 0 Å². The molecule has 0 saturated carbocycles. The van der Waals surface area contributed by atoms with E-state index in [1.807, 2.05) is 6.08 Å². The van der Waals surface area contributed by atoms with Gasteiger partial charge in [-0.2, -0.15) is 0 Å². The molecule has 0 unspecified atom stereocenters. The third-order valence-corrected chi connectivity index (χ3v) is 1.96. The highest BCUT2D eigenvalue weighted by molar-refractivity contribution is 4.96. The lowest BCUT2D eigenvalue weighted by Crippen LogP contribution is -1.73. The van der Waals surface area contributed by atoms with E-state index in [4.69, 9.17) is 0 Å². The van der Waals surface area contributed by atoms with Gasteiger partial charge in [0.2, 0.25) is 0 Å². The lowest BCUT2D eigenvalue weighted by atomic mass is 10.1. The van der Waals surface area contributed by atoms with Gasteiger partial charge in [-0.1, -0.05) is 30.4 Å². The largest absolute Gasteiger partial charge is 0.0885 e. The van der Waals surface area contributed by atoms with Crippen LogP contribution in [-0.2, 0) is 0 Å². The molecule has 0 heterocycles. The average Bonchev–Trinajstić information content (AvgIpc) is 2.05. The molecule has 0 bridgehead atoms. The summed E-state index contributed by atoms with van der Waals surface area (Å²) < 4.78 is 0. The summed E-state index contributed by atoms with van der Waals surface area (Å²) in [5.74, 6) is 0. The molecule has 65 valence electrons. The highest BCUT2D eigenvalue weighted by Crippen LogP contribution is 2.03. The summed E-state index contributed by atoms with van der Waals surface area (Å²) in [6, 6.07) is 0. The van der Waals surface area contributed by atoms with E-state index in [2.05, 4.69) is 30.4 Å². The smallest absolute Gasteiger partial charge is 0.0230 e. The molecule has 1 radical (unpaired) electrons. The number of rotatable bonds is 0. The van der Waals surface area contributed by atoms with Crippen molar-refractivity contribution in [3.63, 3.8) is 0 Å². The molecule has 0 N–H and O–H groups in total. The van der Waals surface area contributed by atoms with Gasteiger partial charge in [0.1, 0.15) is 0 Å². The third-order valence-electron chi connectivity index (χ3n) is 1.96. The summed E-state index contributed by atoms with van der Waals surface area (Å²) >= 11 is 0. The molecule has 0 saturated heterocycles. The fraction of sp³-hybridized carbons (Fsp3) is 0.500. The van der Waals surface area contributed by atoms with Crippen LogP contribution in [0.1, 0.15) is 38.5 Å². The molecular weight excluding hydrogens is 144 g/mol. The molecule has 0 aromatic heterocycles. The van der Waals surface area contributed by atoms with Crippen molar-refractivity contribution in [2.45, 2.75) is 38.5 Å². The average molecular weight is 161 g/mol. The van der Waals surface area contributed by atoms with Crippen LogP contribution in [0, 0.1) is 6.08 Å². The Morgan fingerprint density at radius 2 is 1.42 bits per heavy atom. The molecule has 0 aromatic carbocycles. The molecule has 0 aromatic rings. The highest BCUT2D eigenvalue weighted by Gasteiger charge is 1.83. The molecule has 0 aliphatic heterocycles. The second-order valence-corrected chi connectivity index (χ2v) is 3.11. The van der Waals surface area contributed by atoms with Crippen LogP contribution < -0.4 is 0 Å². The fourth-order valence-electron chi connectivity index (χ4n) is 1.23. The Balaban J connectivity index is 2.30. The molecule has 0 heteroatoms. The zero-order valence-electron chi connectivity index (χ0n) is 7.63. The van der Waals surface area contributed by atoms with Gasteiger partial charge >= 0.3 is 0 Å². The summed E-state index contributed by atoms with van der Waals surface area (Å²) in [5, 5.41) is 0. The summed E-state index contributed by atoms with van der Waals surface area (Å²) in [6.07, 6.45) is 21.5. The van der Waals surface area contributed by atoms with Crippen molar-refractivity contribution in [2.75, 3.05) is 0 Å². The molecule has 1 aliphatic carbocycles. The topological polar surface area (TPSA) is 0 Å². The van der Waals surface area contributed by atoms with E-state index in [9.17, 15) is 0 Å². The normalized spacial score (nSPS) is 28.0. The van der Waals surface area contributed by atoms with Gasteiger partial charge in [0.05, 0.1) is 0 Å². The van der Waals surface area contributed by atoms with Gasteiger partial charge < -0.3 is 0 Å². The summed E-state index contributed by atoms with van der Waals surface area (Å²) in [5.41, 5.74) is 0. The van der Waals surface area contributed by atoms with Crippen molar-refractivity contribution in [1.29, 1.82) is 0 Å². The lowest BCUT2D eigenvalue weighted by molar-refractivity contribution is 0.837. The van der Waals surface area contributed by atoms with Gasteiger partial charge in [0.25, 0.3) is 0 Å². The van der Waals surface area contributed by atoms with Crippen molar-refractivity contribution in [3.05, 3.63) is 36.5 Å². The van der Waals surface area contributed by atoms with Gasteiger partial charge in [-0.3, -0.25) is 0 Å². The molecule has 1 aliphatic rings. The molecular formula is C12H17. The Bertz CT molecular complexity index is 152. The molecule has 0 nitrogen and oxygen atoms in total. The minimum Gasteiger partial charge on any atom is -0.0885 e. The fourth-order valence-corrected chi connectivity index (χ4v) is 1.23. The number of hydrogen-bond donors (Lipinski definition) is 0. The summed E-state index contributed by atoms with van der Waals surface area (Å²) in [6.45, 7) is 0. The summed E-state index contributed by atoms with van der Waals surface area (Å²) in [4.78, 5) is 0. The second-order valence-electron chi connectivity index (χ2n) is 3.11. The number of hydrogen-bond acceptors (Lipinski definition) is 0. The van der Waals surface area contributed by atoms with E-state index >= 15 is 0 Å². The Kier molecular flexibility index (Phi) is 5.35. The zero-order chi connectivity index (χ0) is 8.49. The molecule has 1 rings (SSSR count). The van der Waals surface area contributed by atoms with Crippen LogP contribution in [0.25, 0.3) is 0 Å². The van der Waals surface area contributed by atoms with Gasteiger partial charge in [0.15, 0.2) is 0 Å². The minimum absolute atomic E-state index is 1.16. The van der Waals surface area contributed by atoms with E-state index < -0.39 is 0 Å². The van der Waals surface area contributed by atoms with Gasteiger partial charge in [-0.15, -0.1) is 0 Å². The van der Waals surface area contributed by atoms with Crippen LogP contribution in [-0.4, -0.2) is 0 Å². The van der Waals surface area contributed by atoms with E-state index in [0.29, 0.717) is 0 Å². The van der Waals surface area contributed by atoms with Gasteiger partial charge in [0, 0.05) is 0 Å². The lowest BCUT2D eigenvalue weighted by Gasteiger charge is -1.93. The van der Waals surface area contributed by atoms with Crippen LogP contribution in [0.4, 0.5) is 0 Å². The number of allylic oxidation sites excluding steroid dienone is 6. The van der Waals surface area contributed by atoms with Crippen molar-refractivity contribution >= 4 is 0 Å². The van der Waals surface area contributed by atoms with Gasteiger partial charge in [-0.05, 0) is 44.6 Å². The maximum atomic E-state index is 3.17. The van der Waals surface area contributed by atoms with Crippen molar-refractivity contribution in [1.82, 2.24) is 0 Å². The maximum absolute atomic E-state index is 3.17. The Morgan fingerprint density at radius 3 is 2.25 bits per heavy atom. The summed E-state index contributed by atoms with van der Waals surface area (Å²) in [7, 11) is 0.